The van der Waals surface area contributed by atoms with Gasteiger partial charge in [0, 0.05) is 34.9 Å². The van der Waals surface area contributed by atoms with Crippen molar-refractivity contribution in [2.24, 2.45) is 11.8 Å². The Morgan fingerprint density at radius 3 is 2.24 bits per heavy atom. The summed E-state index contributed by atoms with van der Waals surface area (Å²) in [5.74, 6) is 1.82. The molecular weight excluding hydrogens is 230 g/mol. The molecule has 0 amide bonds. The quantitative estimate of drug-likeness (QED) is 0.792. The molecule has 0 radical (unpaired) electrons. The Morgan fingerprint density at radius 1 is 1.12 bits per heavy atom. The molecule has 3 atom stereocenters. The average molecular weight is 257 g/mol. The van der Waals surface area contributed by atoms with E-state index in [2.05, 4.69) is 12.2 Å². The molecule has 0 aromatic carbocycles. The molecule has 17 heavy (non-hydrogen) atoms. The summed E-state index contributed by atoms with van der Waals surface area (Å²) in [7, 11) is -0.687. The van der Waals surface area contributed by atoms with Crippen LogP contribution in [0.2, 0.25) is 0 Å². The van der Waals surface area contributed by atoms with Crippen LogP contribution in [-0.4, -0.2) is 28.3 Å². The fraction of sp³-hybridized carbons (Fsp3) is 1.00. The van der Waals surface area contributed by atoms with Crippen LogP contribution in [0.3, 0.4) is 0 Å². The third-order valence-corrected chi connectivity index (χ3v) is 5.80. The Kier molecular flexibility index (Phi) is 5.04. The van der Waals surface area contributed by atoms with E-state index in [1.807, 2.05) is 6.26 Å². The molecule has 2 aliphatic rings. The third-order valence-electron chi connectivity index (χ3n) is 4.50. The number of hydrogen-bond donors (Lipinski definition) is 1. The summed E-state index contributed by atoms with van der Waals surface area (Å²) in [5.41, 5.74) is 0. The van der Waals surface area contributed by atoms with E-state index in [1.165, 1.54) is 44.9 Å². The lowest BCUT2D eigenvalue weighted by Gasteiger charge is -2.32. The van der Waals surface area contributed by atoms with Crippen molar-refractivity contribution in [2.45, 2.75) is 63.2 Å². The van der Waals surface area contributed by atoms with Crippen LogP contribution in [0.4, 0.5) is 0 Å². The van der Waals surface area contributed by atoms with Crippen molar-refractivity contribution < 1.29 is 4.21 Å². The monoisotopic (exact) mass is 257 g/mol. The molecule has 2 nitrogen and oxygen atoms in total. The molecule has 0 heterocycles. The van der Waals surface area contributed by atoms with E-state index in [0.717, 1.165) is 24.4 Å². The van der Waals surface area contributed by atoms with Crippen LogP contribution >= 0.6 is 0 Å². The molecule has 100 valence electrons. The van der Waals surface area contributed by atoms with Gasteiger partial charge in [0.05, 0.1) is 0 Å². The van der Waals surface area contributed by atoms with Crippen LogP contribution in [-0.2, 0) is 10.8 Å². The highest BCUT2D eigenvalue weighted by Gasteiger charge is 2.36. The molecule has 2 rings (SSSR count). The van der Waals surface area contributed by atoms with Crippen molar-refractivity contribution in [1.29, 1.82) is 0 Å². The van der Waals surface area contributed by atoms with E-state index in [9.17, 15) is 4.21 Å². The average Bonchev–Trinajstić information content (AvgIpc) is 3.15. The lowest BCUT2D eigenvalue weighted by molar-refractivity contribution is 0.248. The highest BCUT2D eigenvalue weighted by atomic mass is 32.2. The first-order chi connectivity index (χ1) is 8.18. The van der Waals surface area contributed by atoms with Crippen LogP contribution in [0, 0.1) is 11.8 Å². The Balaban J connectivity index is 1.82. The van der Waals surface area contributed by atoms with E-state index >= 15 is 0 Å². The molecule has 2 saturated carbocycles. The van der Waals surface area contributed by atoms with Crippen molar-refractivity contribution in [3.8, 4) is 0 Å². The zero-order valence-corrected chi connectivity index (χ0v) is 12.1. The first-order valence-electron chi connectivity index (χ1n) is 7.24. The maximum Gasteiger partial charge on any atom is 0.0441 e. The van der Waals surface area contributed by atoms with Crippen molar-refractivity contribution in [3.63, 3.8) is 0 Å². The summed E-state index contributed by atoms with van der Waals surface area (Å²) in [5, 5.41) is 4.03. The maximum absolute atomic E-state index is 11.4. The van der Waals surface area contributed by atoms with Crippen molar-refractivity contribution >= 4 is 10.8 Å². The lowest BCUT2D eigenvalue weighted by atomic mass is 9.82. The minimum atomic E-state index is -0.687. The van der Waals surface area contributed by atoms with Gasteiger partial charge in [0.1, 0.15) is 0 Å². The van der Waals surface area contributed by atoms with Gasteiger partial charge >= 0.3 is 0 Å². The lowest BCUT2D eigenvalue weighted by Crippen LogP contribution is -2.42. The fourth-order valence-electron chi connectivity index (χ4n) is 3.09. The van der Waals surface area contributed by atoms with Crippen molar-refractivity contribution in [1.82, 2.24) is 5.32 Å². The third kappa shape index (κ3) is 4.06. The Bertz CT molecular complexity index is 259. The van der Waals surface area contributed by atoms with Gasteiger partial charge in [-0.25, -0.2) is 0 Å². The van der Waals surface area contributed by atoms with Gasteiger partial charge < -0.3 is 5.32 Å². The second-order valence-electron chi connectivity index (χ2n) is 5.98. The van der Waals surface area contributed by atoms with E-state index in [1.54, 1.807) is 0 Å². The largest absolute Gasteiger partial charge is 0.312 e. The van der Waals surface area contributed by atoms with Crippen LogP contribution in [0.25, 0.3) is 0 Å². The summed E-state index contributed by atoms with van der Waals surface area (Å²) < 4.78 is 11.4. The van der Waals surface area contributed by atoms with Gasteiger partial charge in [-0.05, 0) is 44.4 Å². The molecule has 0 aliphatic heterocycles. The van der Waals surface area contributed by atoms with Crippen LogP contribution in [0.15, 0.2) is 0 Å². The fourth-order valence-corrected chi connectivity index (χ4v) is 3.42. The summed E-state index contributed by atoms with van der Waals surface area (Å²) in [6.45, 7) is 3.02. The molecule has 3 heteroatoms. The molecule has 0 saturated heterocycles. The van der Waals surface area contributed by atoms with Crippen molar-refractivity contribution in [2.75, 3.05) is 12.8 Å². The molecular formula is C14H27NOS. The molecule has 0 aromatic heterocycles. The predicted octanol–water partition coefficient (Wildman–Crippen LogP) is 2.70. The molecule has 0 aromatic rings. The van der Waals surface area contributed by atoms with Gasteiger partial charge in [-0.1, -0.05) is 19.3 Å². The highest BCUT2D eigenvalue weighted by molar-refractivity contribution is 7.84. The Hall–Kier alpha value is 0.110. The predicted molar refractivity (Wildman–Crippen MR) is 74.6 cm³/mol. The zero-order valence-electron chi connectivity index (χ0n) is 11.3. The second kappa shape index (κ2) is 6.33. The van der Waals surface area contributed by atoms with Gasteiger partial charge in [0.15, 0.2) is 0 Å². The molecule has 1 N–H and O–H groups in total. The van der Waals surface area contributed by atoms with Gasteiger partial charge in [-0.15, -0.1) is 0 Å². The van der Waals surface area contributed by atoms with Crippen LogP contribution in [0.1, 0.15) is 51.9 Å². The standard InChI is InChI=1S/C14H27NOS/c1-11(17(2)16)10-15-14(13-8-9-13)12-6-4-3-5-7-12/h11-15H,3-10H2,1-2H3/t11-,14+,17+/m1/s1. The van der Waals surface area contributed by atoms with Gasteiger partial charge in [0.25, 0.3) is 0 Å². The molecule has 2 fully saturated rings. The van der Waals surface area contributed by atoms with Gasteiger partial charge in [-0.3, -0.25) is 4.21 Å². The number of rotatable bonds is 6. The summed E-state index contributed by atoms with van der Waals surface area (Å²) >= 11 is 0. The van der Waals surface area contributed by atoms with Crippen molar-refractivity contribution in [3.05, 3.63) is 0 Å². The molecule has 0 spiro atoms. The number of hydrogen-bond acceptors (Lipinski definition) is 2. The first kappa shape index (κ1) is 13.5. The normalized spacial score (nSPS) is 27.6. The second-order valence-corrected chi connectivity index (χ2v) is 7.78. The van der Waals surface area contributed by atoms with Gasteiger partial charge in [0.2, 0.25) is 0 Å². The van der Waals surface area contributed by atoms with Crippen LogP contribution < -0.4 is 5.32 Å². The van der Waals surface area contributed by atoms with E-state index in [4.69, 9.17) is 0 Å². The minimum Gasteiger partial charge on any atom is -0.312 e. The summed E-state index contributed by atoms with van der Waals surface area (Å²) in [6.07, 6.45) is 11.8. The van der Waals surface area contributed by atoms with Crippen LogP contribution in [0.5, 0.6) is 0 Å². The molecule has 0 unspecified atom stereocenters. The van der Waals surface area contributed by atoms with Gasteiger partial charge in [-0.2, -0.15) is 0 Å². The maximum atomic E-state index is 11.4. The van der Waals surface area contributed by atoms with E-state index in [0.29, 0.717) is 5.25 Å². The summed E-state index contributed by atoms with van der Waals surface area (Å²) in [4.78, 5) is 0. The Labute approximate surface area is 108 Å². The smallest absolute Gasteiger partial charge is 0.0441 e. The summed E-state index contributed by atoms with van der Waals surface area (Å²) in [6, 6.07) is 0.723. The highest BCUT2D eigenvalue weighted by Crippen LogP contribution is 2.40. The molecule has 2 aliphatic carbocycles. The Morgan fingerprint density at radius 2 is 1.71 bits per heavy atom. The SMILES string of the molecule is C[C@H](CN[C@@H](C1CCCCC1)C1CC1)[S@](C)=O. The van der Waals surface area contributed by atoms with E-state index < -0.39 is 10.8 Å². The minimum absolute atomic E-state index is 0.292. The number of nitrogens with one attached hydrogen (secondary N) is 1. The molecule has 0 bridgehead atoms. The topological polar surface area (TPSA) is 29.1 Å². The first-order valence-corrected chi connectivity index (χ1v) is 8.86. The zero-order chi connectivity index (χ0) is 12.3. The van der Waals surface area contributed by atoms with E-state index in [-0.39, 0.29) is 0 Å².